The lowest BCUT2D eigenvalue weighted by molar-refractivity contribution is -0.138. The zero-order valence-corrected chi connectivity index (χ0v) is 9.36. The third-order valence-corrected chi connectivity index (χ3v) is 2.42. The van der Waals surface area contributed by atoms with Gasteiger partial charge in [-0.05, 0) is 17.7 Å². The Morgan fingerprint density at radius 2 is 2.12 bits per heavy atom. The number of sulfonamides is 1. The van der Waals surface area contributed by atoms with Crippen molar-refractivity contribution >= 4 is 21.7 Å². The molecule has 16 heavy (non-hydrogen) atoms. The van der Waals surface area contributed by atoms with Gasteiger partial charge in [0.05, 0.1) is 6.26 Å². The van der Waals surface area contributed by atoms with E-state index in [1.807, 2.05) is 0 Å². The fraction of sp³-hybridized carbons (Fsp3) is 0.222. The van der Waals surface area contributed by atoms with Gasteiger partial charge in [0.1, 0.15) is 6.04 Å². The molecule has 0 aliphatic heterocycles. The van der Waals surface area contributed by atoms with Crippen molar-refractivity contribution in [3.05, 3.63) is 29.8 Å². The maximum atomic E-state index is 11.0. The lowest BCUT2D eigenvalue weighted by Crippen LogP contribution is -2.20. The molecule has 7 heteroatoms. The molecule has 0 aliphatic rings. The van der Waals surface area contributed by atoms with Crippen LogP contribution in [0.2, 0.25) is 0 Å². The highest BCUT2D eigenvalue weighted by Gasteiger charge is 2.14. The van der Waals surface area contributed by atoms with Crippen molar-refractivity contribution in [2.75, 3.05) is 11.0 Å². The number of nitrogens with two attached hydrogens (primary N) is 1. The van der Waals surface area contributed by atoms with Gasteiger partial charge in [0.25, 0.3) is 0 Å². The van der Waals surface area contributed by atoms with Gasteiger partial charge in [-0.3, -0.25) is 9.52 Å². The Hall–Kier alpha value is -1.60. The van der Waals surface area contributed by atoms with Gasteiger partial charge in [-0.25, -0.2) is 8.42 Å². The predicted octanol–water partition coefficient (Wildman–Crippen LogP) is 0.142. The fourth-order valence-electron chi connectivity index (χ4n) is 1.15. The highest BCUT2D eigenvalue weighted by molar-refractivity contribution is 7.92. The Kier molecular flexibility index (Phi) is 3.51. The number of carboxylic acid groups (broad SMARTS) is 1. The van der Waals surface area contributed by atoms with Gasteiger partial charge in [-0.2, -0.15) is 0 Å². The monoisotopic (exact) mass is 244 g/mol. The first-order chi connectivity index (χ1) is 7.29. The van der Waals surface area contributed by atoms with Crippen LogP contribution in [0.4, 0.5) is 5.69 Å². The molecule has 0 amide bonds. The summed E-state index contributed by atoms with van der Waals surface area (Å²) in [6, 6.07) is 4.79. The standard InChI is InChI=1S/C9H12N2O4S/c1-16(14,15)11-7-4-2-3-6(5-7)8(10)9(12)13/h2-5,8,11H,10H2,1H3,(H,12,13)/t8-/m0/s1. The zero-order chi connectivity index (χ0) is 12.3. The summed E-state index contributed by atoms with van der Waals surface area (Å²) in [6.45, 7) is 0. The molecule has 6 nitrogen and oxygen atoms in total. The summed E-state index contributed by atoms with van der Waals surface area (Å²) < 4.78 is 24.2. The van der Waals surface area contributed by atoms with Gasteiger partial charge in [-0.15, -0.1) is 0 Å². The lowest BCUT2D eigenvalue weighted by atomic mass is 10.1. The van der Waals surface area contributed by atoms with Crippen LogP contribution in [-0.2, 0) is 14.8 Å². The molecule has 4 N–H and O–H groups in total. The fourth-order valence-corrected chi connectivity index (χ4v) is 1.71. The second kappa shape index (κ2) is 4.50. The van der Waals surface area contributed by atoms with Gasteiger partial charge in [0.15, 0.2) is 0 Å². The van der Waals surface area contributed by atoms with Gasteiger partial charge in [0.2, 0.25) is 10.0 Å². The van der Waals surface area contributed by atoms with E-state index in [0.29, 0.717) is 5.56 Å². The molecule has 0 fully saturated rings. The van der Waals surface area contributed by atoms with Gasteiger partial charge in [0, 0.05) is 5.69 Å². The number of aliphatic carboxylic acids is 1. The second-order valence-corrected chi connectivity index (χ2v) is 5.06. The molecule has 1 rings (SSSR count). The average Bonchev–Trinajstić information content (AvgIpc) is 2.14. The maximum Gasteiger partial charge on any atom is 0.325 e. The summed E-state index contributed by atoms with van der Waals surface area (Å²) >= 11 is 0. The van der Waals surface area contributed by atoms with Crippen molar-refractivity contribution in [3.63, 3.8) is 0 Å². The number of nitrogens with one attached hydrogen (secondary N) is 1. The van der Waals surface area contributed by atoms with Gasteiger partial charge >= 0.3 is 5.97 Å². The molecule has 0 saturated carbocycles. The summed E-state index contributed by atoms with van der Waals surface area (Å²) in [5.41, 5.74) is 6.02. The van der Waals surface area contributed by atoms with Crippen molar-refractivity contribution in [1.82, 2.24) is 0 Å². The largest absolute Gasteiger partial charge is 0.480 e. The molecule has 0 radical (unpaired) electrons. The summed E-state index contributed by atoms with van der Waals surface area (Å²) in [5, 5.41) is 8.70. The summed E-state index contributed by atoms with van der Waals surface area (Å²) in [6.07, 6.45) is 1.01. The van der Waals surface area contributed by atoms with E-state index < -0.39 is 22.0 Å². The number of rotatable bonds is 4. The minimum absolute atomic E-state index is 0.289. The van der Waals surface area contributed by atoms with Crippen LogP contribution in [0.25, 0.3) is 0 Å². The van der Waals surface area contributed by atoms with Crippen LogP contribution in [0.5, 0.6) is 0 Å². The van der Waals surface area contributed by atoms with Crippen molar-refractivity contribution in [1.29, 1.82) is 0 Å². The summed E-state index contributed by atoms with van der Waals surface area (Å²) in [5.74, 6) is -1.17. The van der Waals surface area contributed by atoms with Crippen LogP contribution < -0.4 is 10.5 Å². The summed E-state index contributed by atoms with van der Waals surface area (Å²) in [4.78, 5) is 10.6. The minimum atomic E-state index is -3.38. The number of benzene rings is 1. The van der Waals surface area contributed by atoms with E-state index in [-0.39, 0.29) is 5.69 Å². The number of carbonyl (C=O) groups is 1. The Balaban J connectivity index is 3.00. The van der Waals surface area contributed by atoms with E-state index in [4.69, 9.17) is 10.8 Å². The van der Waals surface area contributed by atoms with Crippen LogP contribution in [0.1, 0.15) is 11.6 Å². The Labute approximate surface area is 93.1 Å². The smallest absolute Gasteiger partial charge is 0.325 e. The second-order valence-electron chi connectivity index (χ2n) is 3.32. The molecule has 1 aromatic rings. The molecule has 0 spiro atoms. The number of carboxylic acids is 1. The number of hydrogen-bond acceptors (Lipinski definition) is 4. The van der Waals surface area contributed by atoms with Crippen LogP contribution in [0.3, 0.4) is 0 Å². The molecule has 0 aromatic heterocycles. The molecule has 88 valence electrons. The van der Waals surface area contributed by atoms with E-state index in [1.54, 1.807) is 0 Å². The molecular formula is C9H12N2O4S. The third-order valence-electron chi connectivity index (χ3n) is 1.82. The van der Waals surface area contributed by atoms with E-state index >= 15 is 0 Å². The van der Waals surface area contributed by atoms with E-state index in [9.17, 15) is 13.2 Å². The normalized spacial score (nSPS) is 13.1. The van der Waals surface area contributed by atoms with Crippen LogP contribution in [0, 0.1) is 0 Å². The minimum Gasteiger partial charge on any atom is -0.480 e. The molecule has 0 bridgehead atoms. The van der Waals surface area contributed by atoms with Crippen molar-refractivity contribution in [2.45, 2.75) is 6.04 Å². The Morgan fingerprint density at radius 1 is 1.50 bits per heavy atom. The van der Waals surface area contributed by atoms with E-state index in [1.165, 1.54) is 24.3 Å². The Bertz CT molecular complexity index is 498. The third kappa shape index (κ3) is 3.52. The Morgan fingerprint density at radius 3 is 2.62 bits per heavy atom. The highest BCUT2D eigenvalue weighted by Crippen LogP contribution is 2.16. The first kappa shape index (κ1) is 12.5. The molecule has 0 heterocycles. The predicted molar refractivity (Wildman–Crippen MR) is 59.5 cm³/mol. The van der Waals surface area contributed by atoms with Crippen LogP contribution >= 0.6 is 0 Å². The first-order valence-electron chi connectivity index (χ1n) is 4.36. The van der Waals surface area contributed by atoms with Crippen LogP contribution in [-0.4, -0.2) is 25.7 Å². The molecule has 0 aliphatic carbocycles. The molecular weight excluding hydrogens is 232 g/mol. The van der Waals surface area contributed by atoms with Crippen molar-refractivity contribution < 1.29 is 18.3 Å². The SMILES string of the molecule is CS(=O)(=O)Nc1cccc([C@H](N)C(=O)O)c1. The maximum absolute atomic E-state index is 11.0. The topological polar surface area (TPSA) is 109 Å². The average molecular weight is 244 g/mol. The van der Waals surface area contributed by atoms with Gasteiger partial charge in [-0.1, -0.05) is 12.1 Å². The first-order valence-corrected chi connectivity index (χ1v) is 6.25. The van der Waals surface area contributed by atoms with Crippen molar-refractivity contribution in [2.24, 2.45) is 5.73 Å². The number of anilines is 1. The molecule has 0 unspecified atom stereocenters. The van der Waals surface area contributed by atoms with Crippen LogP contribution in [0.15, 0.2) is 24.3 Å². The summed E-state index contributed by atoms with van der Waals surface area (Å²) in [7, 11) is -3.38. The number of hydrogen-bond donors (Lipinski definition) is 3. The highest BCUT2D eigenvalue weighted by atomic mass is 32.2. The lowest BCUT2D eigenvalue weighted by Gasteiger charge is -2.09. The zero-order valence-electron chi connectivity index (χ0n) is 8.54. The quantitative estimate of drug-likeness (QED) is 0.698. The molecule has 0 saturated heterocycles. The van der Waals surface area contributed by atoms with E-state index in [2.05, 4.69) is 4.72 Å². The molecule has 1 atom stereocenters. The van der Waals surface area contributed by atoms with E-state index in [0.717, 1.165) is 6.26 Å². The molecule has 1 aromatic carbocycles. The van der Waals surface area contributed by atoms with Crippen molar-refractivity contribution in [3.8, 4) is 0 Å². The van der Waals surface area contributed by atoms with Gasteiger partial charge < -0.3 is 10.8 Å².